The topological polar surface area (TPSA) is 281 Å². The summed E-state index contributed by atoms with van der Waals surface area (Å²) < 4.78 is 4.33. The third kappa shape index (κ3) is 31.9. The normalized spacial score (nSPS) is 17.3. The molecule has 292 valence electrons. The molecule has 0 aromatic heterocycles. The Kier molecular flexibility index (Phi) is 32.6. The molecule has 2 atom stereocenters. The molecular weight excluding hydrogens is 660 g/mol. The fourth-order valence-electron chi connectivity index (χ4n) is 4.38. The summed E-state index contributed by atoms with van der Waals surface area (Å²) in [7, 11) is 0. The van der Waals surface area contributed by atoms with Gasteiger partial charge < -0.3 is 45.6 Å². The molecule has 2 unspecified atom stereocenters. The number of carbonyl (C=O) groups is 3. The Bertz CT molecular complexity index is 993. The van der Waals surface area contributed by atoms with Gasteiger partial charge in [0, 0.05) is 29.7 Å². The number of carbonyl (C=O) groups excluding carboxylic acids is 3. The van der Waals surface area contributed by atoms with Crippen molar-refractivity contribution >= 4 is 30.1 Å². The van der Waals surface area contributed by atoms with Crippen LogP contribution in [0.4, 0.5) is 0 Å². The number of nitrogens with zero attached hydrogens (tertiary/aromatic N) is 2. The summed E-state index contributed by atoms with van der Waals surface area (Å²) in [6.07, 6.45) is 8.54. The second-order valence-corrected chi connectivity index (χ2v) is 13.7. The Balaban J connectivity index is -0.000000275. The lowest BCUT2D eigenvalue weighted by atomic mass is 9.63. The van der Waals surface area contributed by atoms with Crippen LogP contribution in [0.1, 0.15) is 92.9 Å². The second-order valence-electron chi connectivity index (χ2n) is 13.7. The van der Waals surface area contributed by atoms with Gasteiger partial charge >= 0.3 is 17.9 Å². The maximum Gasteiger partial charge on any atom is 0.330 e. The van der Waals surface area contributed by atoms with Gasteiger partial charge in [-0.1, -0.05) is 48.1 Å². The zero-order valence-electron chi connectivity index (χ0n) is 30.6. The minimum Gasteiger partial charge on any atom is -0.481 e. The van der Waals surface area contributed by atoms with E-state index in [2.05, 4.69) is 42.1 Å². The van der Waals surface area contributed by atoms with Crippen LogP contribution in [0.3, 0.4) is 0 Å². The molecule has 8 N–H and O–H groups in total. The molecule has 0 heterocycles. The van der Waals surface area contributed by atoms with Crippen LogP contribution in [0.5, 0.6) is 0 Å². The van der Waals surface area contributed by atoms with Gasteiger partial charge in [-0.15, -0.1) is 0 Å². The van der Waals surface area contributed by atoms with Crippen molar-refractivity contribution in [2.24, 2.45) is 31.6 Å². The lowest BCUT2D eigenvalue weighted by Gasteiger charge is -2.44. The molecule has 0 spiro atoms. The van der Waals surface area contributed by atoms with E-state index in [0.717, 1.165) is 25.3 Å². The molecule has 0 aromatic carbocycles. The number of hydrogen-bond donors (Lipinski definition) is 8. The molecule has 1 fully saturated rings. The average Bonchev–Trinajstić information content (AvgIpc) is 3.06. The third-order valence-electron chi connectivity index (χ3n) is 7.33. The van der Waals surface area contributed by atoms with Crippen LogP contribution >= 0.6 is 0 Å². The first-order chi connectivity index (χ1) is 23.2. The number of carboxylic acids is 2. The van der Waals surface area contributed by atoms with Crippen molar-refractivity contribution in [1.82, 2.24) is 0 Å². The molecule has 1 saturated carbocycles. The summed E-state index contributed by atoms with van der Waals surface area (Å²) in [6, 6.07) is 0.00750. The van der Waals surface area contributed by atoms with Gasteiger partial charge in [0.05, 0.1) is 52.2 Å². The van der Waals surface area contributed by atoms with Crippen LogP contribution in [0, 0.1) is 21.7 Å². The first-order valence-corrected chi connectivity index (χ1v) is 16.2. The summed E-state index contributed by atoms with van der Waals surface area (Å²) in [5.74, 6) is -2.24. The molecular formula is C34H62N2O14. The van der Waals surface area contributed by atoms with Gasteiger partial charge in [0.1, 0.15) is 6.61 Å². The molecule has 0 saturated heterocycles. The number of ether oxygens (including phenoxy) is 1. The number of isocyanates is 2. The van der Waals surface area contributed by atoms with Gasteiger partial charge in [0.15, 0.2) is 0 Å². The first-order valence-electron chi connectivity index (χ1n) is 16.2. The Morgan fingerprint density at radius 1 is 0.860 bits per heavy atom. The molecule has 50 heavy (non-hydrogen) atoms. The van der Waals surface area contributed by atoms with E-state index >= 15 is 0 Å². The van der Waals surface area contributed by atoms with Crippen molar-refractivity contribution in [2.45, 2.75) is 99.0 Å². The highest BCUT2D eigenvalue weighted by molar-refractivity contribution is 5.81. The molecule has 0 amide bonds. The highest BCUT2D eigenvalue weighted by atomic mass is 16.5. The van der Waals surface area contributed by atoms with E-state index in [-0.39, 0.29) is 81.4 Å². The molecule has 1 aliphatic rings. The summed E-state index contributed by atoms with van der Waals surface area (Å²) in [6.45, 7) is 15.0. The van der Waals surface area contributed by atoms with E-state index in [9.17, 15) is 24.0 Å². The highest BCUT2D eigenvalue weighted by Gasteiger charge is 2.41. The van der Waals surface area contributed by atoms with Crippen molar-refractivity contribution in [2.75, 3.05) is 52.8 Å². The van der Waals surface area contributed by atoms with Crippen molar-refractivity contribution < 1.29 is 69.6 Å². The predicted molar refractivity (Wildman–Crippen MR) is 185 cm³/mol. The lowest BCUT2D eigenvalue weighted by molar-refractivity contribution is -0.139. The quantitative estimate of drug-likeness (QED) is 0.0351. The molecule has 16 heteroatoms. The number of aliphatic carboxylic acids is 2. The van der Waals surface area contributed by atoms with Crippen LogP contribution in [0.25, 0.3) is 0 Å². The van der Waals surface area contributed by atoms with Crippen molar-refractivity contribution in [3.05, 3.63) is 12.7 Å². The fraction of sp³-hybridized carbons (Fsp3) is 0.794. The van der Waals surface area contributed by atoms with Crippen molar-refractivity contribution in [3.8, 4) is 0 Å². The van der Waals surface area contributed by atoms with Gasteiger partial charge in [0.2, 0.25) is 12.2 Å². The monoisotopic (exact) mass is 722 g/mol. The fourth-order valence-corrected chi connectivity index (χ4v) is 4.38. The predicted octanol–water partition coefficient (Wildman–Crippen LogP) is 2.02. The van der Waals surface area contributed by atoms with E-state index in [1.165, 1.54) is 0 Å². The molecule has 0 aliphatic heterocycles. The molecule has 0 aromatic rings. The Morgan fingerprint density at radius 2 is 1.34 bits per heavy atom. The molecule has 1 aliphatic carbocycles. The lowest BCUT2D eigenvalue weighted by Crippen LogP contribution is -2.39. The molecule has 0 bridgehead atoms. The number of esters is 1. The standard InChI is InChI=1S/C12H18N2O2.C6H10O4.C6H14O3.C5H8O3.C5H12O2/c1-11(2)4-10(14-9-16)5-12(3,6-11)7-13-8-15;7-5(8)3-1-2-4-6(9)10;1-2-6(3-7,4-8)5-9;1-2-5(7)8-4-3-6;1-5(2,3-6)4-7/h10H,4-7H2,1-3H3;1-4H2,(H,7,8)(H,9,10);7-9H,2-5H2,1H3;2,6H,1,3-4H2;6-7H,3-4H2,1-2H3. The largest absolute Gasteiger partial charge is 0.481 e. The zero-order chi connectivity index (χ0) is 39.9. The zero-order valence-corrected chi connectivity index (χ0v) is 30.6. The molecule has 16 nitrogen and oxygen atoms in total. The van der Waals surface area contributed by atoms with Crippen molar-refractivity contribution in [3.63, 3.8) is 0 Å². The second kappa shape index (κ2) is 30.5. The van der Waals surface area contributed by atoms with Crippen LogP contribution in [-0.4, -0.2) is 130 Å². The average molecular weight is 723 g/mol. The van der Waals surface area contributed by atoms with Gasteiger partial charge in [0.25, 0.3) is 0 Å². The van der Waals surface area contributed by atoms with E-state index in [1.807, 2.05) is 6.92 Å². The minimum absolute atomic E-state index is 0.00750. The number of rotatable bonds is 17. The SMILES string of the molecule is C=CC(=O)OCCO.CC(C)(CO)CO.CC1(C)CC(N=C=O)CC(C)(CN=C=O)C1.CCC(CO)(CO)CO.O=C(O)CCCCC(=O)O. The Morgan fingerprint density at radius 3 is 1.62 bits per heavy atom. The number of carboxylic acid groups (broad SMARTS) is 2. The summed E-state index contributed by atoms with van der Waals surface area (Å²) in [5, 5.41) is 67.2. The summed E-state index contributed by atoms with van der Waals surface area (Å²) in [4.78, 5) is 57.9. The maximum atomic E-state index is 10.3. The summed E-state index contributed by atoms with van der Waals surface area (Å²) in [5.41, 5.74) is -0.916. The minimum atomic E-state index is -0.870. The van der Waals surface area contributed by atoms with Crippen molar-refractivity contribution in [1.29, 1.82) is 0 Å². The van der Waals surface area contributed by atoms with Crippen LogP contribution in [0.15, 0.2) is 22.6 Å². The highest BCUT2D eigenvalue weighted by Crippen LogP contribution is 2.47. The molecule has 1 rings (SSSR count). The van der Waals surface area contributed by atoms with Crippen LogP contribution < -0.4 is 0 Å². The number of hydrogen-bond acceptors (Lipinski definition) is 14. The molecule has 0 radical (unpaired) electrons. The summed E-state index contributed by atoms with van der Waals surface area (Å²) >= 11 is 0. The van der Waals surface area contributed by atoms with E-state index in [1.54, 1.807) is 26.0 Å². The number of unbranched alkanes of at least 4 members (excludes halogenated alkanes) is 1. The van der Waals surface area contributed by atoms with Crippen LogP contribution in [0.2, 0.25) is 0 Å². The van der Waals surface area contributed by atoms with Crippen LogP contribution in [-0.2, 0) is 28.7 Å². The number of aliphatic hydroxyl groups excluding tert-OH is 6. The first kappa shape index (κ1) is 53.5. The Hall–Kier alpha value is -3.33. The van der Waals surface area contributed by atoms with E-state index in [4.69, 9.17) is 40.9 Å². The Labute approximate surface area is 295 Å². The number of aliphatic imine (C=N–C) groups is 2. The smallest absolute Gasteiger partial charge is 0.330 e. The third-order valence-corrected chi connectivity index (χ3v) is 7.33. The van der Waals surface area contributed by atoms with E-state index in [0.29, 0.717) is 25.8 Å². The number of aliphatic hydroxyl groups is 6. The van der Waals surface area contributed by atoms with Gasteiger partial charge in [-0.3, -0.25) is 9.59 Å². The van der Waals surface area contributed by atoms with Gasteiger partial charge in [-0.25, -0.2) is 24.4 Å². The van der Waals surface area contributed by atoms with Gasteiger partial charge in [-0.2, -0.15) is 0 Å². The van der Waals surface area contributed by atoms with Gasteiger partial charge in [-0.05, 0) is 49.4 Å². The van der Waals surface area contributed by atoms with E-state index < -0.39 is 23.3 Å². The maximum absolute atomic E-state index is 10.3.